The van der Waals surface area contributed by atoms with Crippen LogP contribution in [0.2, 0.25) is 18.1 Å². The van der Waals surface area contributed by atoms with Gasteiger partial charge in [-0.25, -0.2) is 19.2 Å². The Kier molecular flexibility index (Phi) is 20.3. The molecule has 0 radical (unpaired) electrons. The maximum atomic E-state index is 12.4. The van der Waals surface area contributed by atoms with Crippen molar-refractivity contribution in [2.45, 2.75) is 149 Å². The molecule has 0 fully saturated rings. The molecule has 51 heavy (non-hydrogen) atoms. The number of rotatable bonds is 23. The van der Waals surface area contributed by atoms with Gasteiger partial charge >= 0.3 is 35.8 Å². The largest absolute Gasteiger partial charge is 0.463 e. The van der Waals surface area contributed by atoms with E-state index in [9.17, 15) is 28.8 Å². The molecule has 1 rings (SSSR count). The molecule has 0 N–H and O–H groups in total. The molecule has 1 aromatic carbocycles. The van der Waals surface area contributed by atoms with Crippen molar-refractivity contribution in [2.24, 2.45) is 0 Å². The molecule has 0 aliphatic carbocycles. The highest BCUT2D eigenvalue weighted by atomic mass is 28.4. The molecule has 0 heterocycles. The minimum absolute atomic E-state index is 0.0219. The van der Waals surface area contributed by atoms with Gasteiger partial charge in [0.2, 0.25) is 0 Å². The zero-order chi connectivity index (χ0) is 38.6. The van der Waals surface area contributed by atoms with Crippen molar-refractivity contribution in [3.8, 4) is 0 Å². The van der Waals surface area contributed by atoms with Gasteiger partial charge in [0.1, 0.15) is 12.7 Å². The van der Waals surface area contributed by atoms with Crippen molar-refractivity contribution in [3.63, 3.8) is 0 Å². The molecule has 14 heteroatoms. The second-order valence-electron chi connectivity index (χ2n) is 13.9. The van der Waals surface area contributed by atoms with Crippen LogP contribution >= 0.6 is 0 Å². The van der Waals surface area contributed by atoms with E-state index in [2.05, 4.69) is 20.8 Å². The molecule has 0 saturated carbocycles. The summed E-state index contributed by atoms with van der Waals surface area (Å²) in [6.07, 6.45) is -0.883. The van der Waals surface area contributed by atoms with E-state index in [1.807, 2.05) is 43.4 Å². The summed E-state index contributed by atoms with van der Waals surface area (Å²) in [5, 5.41) is -0.0869. The van der Waals surface area contributed by atoms with Crippen LogP contribution < -0.4 is 0 Å². The average Bonchev–Trinajstić information content (AvgIpc) is 3.06. The number of benzene rings is 1. The summed E-state index contributed by atoms with van der Waals surface area (Å²) >= 11 is 0. The molecule has 0 bridgehead atoms. The zero-order valence-electron chi connectivity index (χ0n) is 31.8. The summed E-state index contributed by atoms with van der Waals surface area (Å²) in [4.78, 5) is 73.3. The summed E-state index contributed by atoms with van der Waals surface area (Å²) in [5.74, 6) is -3.84. The van der Waals surface area contributed by atoms with E-state index in [1.54, 1.807) is 6.92 Å². The molecule has 0 spiro atoms. The van der Waals surface area contributed by atoms with Crippen LogP contribution in [0.15, 0.2) is 30.3 Å². The number of unbranched alkanes of at least 4 members (excludes halogenated alkanes) is 4. The molecular weight excluding hydrogens is 680 g/mol. The quantitative estimate of drug-likeness (QED) is 0.0544. The van der Waals surface area contributed by atoms with E-state index >= 15 is 0 Å². The van der Waals surface area contributed by atoms with Gasteiger partial charge in [-0.05, 0) is 89.9 Å². The minimum Gasteiger partial charge on any atom is -0.463 e. The SMILES string of the molecule is C[C@H](OC(=O)CCCCCOC(=O)[C@H](C)OC(=O)[C@H](C)O[Si](C)(C)C(C)(C)C)C(=O)O[C@@H](C)C(=O)OCCCCCC(=O)OCc1ccccc1. The van der Waals surface area contributed by atoms with Crippen molar-refractivity contribution < 1.29 is 61.6 Å². The normalized spacial score (nSPS) is 13.9. The van der Waals surface area contributed by atoms with E-state index in [0.29, 0.717) is 38.5 Å². The lowest BCUT2D eigenvalue weighted by molar-refractivity contribution is -0.176. The first kappa shape index (κ1) is 45.2. The van der Waals surface area contributed by atoms with Crippen LogP contribution in [0, 0.1) is 0 Å². The third-order valence-electron chi connectivity index (χ3n) is 8.28. The monoisotopic (exact) mass is 738 g/mol. The zero-order valence-corrected chi connectivity index (χ0v) is 32.8. The summed E-state index contributed by atoms with van der Waals surface area (Å²) in [7, 11) is -2.19. The number of hydrogen-bond acceptors (Lipinski definition) is 13. The number of ether oxygens (including phenoxy) is 6. The van der Waals surface area contributed by atoms with Gasteiger partial charge in [-0.15, -0.1) is 0 Å². The number of carbonyl (C=O) groups excluding carboxylic acids is 6. The Morgan fingerprint density at radius 1 is 0.569 bits per heavy atom. The lowest BCUT2D eigenvalue weighted by Gasteiger charge is -2.37. The fourth-order valence-corrected chi connectivity index (χ4v) is 5.43. The Morgan fingerprint density at radius 2 is 1.02 bits per heavy atom. The Balaban J connectivity index is 2.16. The molecule has 0 amide bonds. The van der Waals surface area contributed by atoms with Crippen LogP contribution in [-0.4, -0.2) is 81.8 Å². The molecule has 0 unspecified atom stereocenters. The Hall–Kier alpha value is -3.78. The van der Waals surface area contributed by atoms with Gasteiger partial charge in [-0.3, -0.25) is 9.59 Å². The number of esters is 6. The maximum Gasteiger partial charge on any atom is 0.347 e. The molecule has 0 aliphatic rings. The van der Waals surface area contributed by atoms with Crippen molar-refractivity contribution in [2.75, 3.05) is 13.2 Å². The van der Waals surface area contributed by atoms with Gasteiger partial charge in [-0.2, -0.15) is 0 Å². The second-order valence-corrected chi connectivity index (χ2v) is 18.7. The Bertz CT molecular complexity index is 1260. The van der Waals surface area contributed by atoms with Crippen molar-refractivity contribution in [3.05, 3.63) is 35.9 Å². The van der Waals surface area contributed by atoms with Gasteiger partial charge in [0, 0.05) is 12.8 Å². The highest BCUT2D eigenvalue weighted by Crippen LogP contribution is 2.37. The third-order valence-corrected chi connectivity index (χ3v) is 12.8. The lowest BCUT2D eigenvalue weighted by atomic mass is 10.2. The molecule has 4 atom stereocenters. The Labute approximate surface area is 303 Å². The first-order valence-corrected chi connectivity index (χ1v) is 20.6. The van der Waals surface area contributed by atoms with Gasteiger partial charge < -0.3 is 32.8 Å². The maximum absolute atomic E-state index is 12.4. The summed E-state index contributed by atoms with van der Waals surface area (Å²) in [6.45, 7) is 16.4. The van der Waals surface area contributed by atoms with E-state index in [1.165, 1.54) is 20.8 Å². The van der Waals surface area contributed by atoms with E-state index in [0.717, 1.165) is 5.56 Å². The molecule has 288 valence electrons. The van der Waals surface area contributed by atoms with Gasteiger partial charge in [0.15, 0.2) is 26.6 Å². The first-order chi connectivity index (χ1) is 23.8. The topological polar surface area (TPSA) is 167 Å². The van der Waals surface area contributed by atoms with Crippen LogP contribution in [-0.2, 0) is 68.2 Å². The smallest absolute Gasteiger partial charge is 0.347 e. The fraction of sp³-hybridized carbons (Fsp3) is 0.676. The number of carbonyl (C=O) groups is 6. The number of hydrogen-bond donors (Lipinski definition) is 0. The fourth-order valence-electron chi connectivity index (χ4n) is 4.09. The second kappa shape index (κ2) is 22.9. The van der Waals surface area contributed by atoms with Gasteiger partial charge in [0.05, 0.1) is 13.2 Å². The van der Waals surface area contributed by atoms with Crippen LogP contribution in [0.3, 0.4) is 0 Å². The molecule has 13 nitrogen and oxygen atoms in total. The van der Waals surface area contributed by atoms with Crippen LogP contribution in [0.5, 0.6) is 0 Å². The van der Waals surface area contributed by atoms with Crippen LogP contribution in [0.25, 0.3) is 0 Å². The average molecular weight is 739 g/mol. The molecule has 0 aliphatic heterocycles. The summed E-state index contributed by atoms with van der Waals surface area (Å²) < 4.78 is 37.0. The molecular formula is C37H58O13Si. The van der Waals surface area contributed by atoms with Gasteiger partial charge in [-0.1, -0.05) is 51.1 Å². The molecule has 1 aromatic rings. The van der Waals surface area contributed by atoms with Crippen molar-refractivity contribution >= 4 is 44.1 Å². The summed E-state index contributed by atoms with van der Waals surface area (Å²) in [5.41, 5.74) is 0.914. The van der Waals surface area contributed by atoms with E-state index in [-0.39, 0.29) is 43.7 Å². The highest BCUT2D eigenvalue weighted by molar-refractivity contribution is 6.74. The summed E-state index contributed by atoms with van der Waals surface area (Å²) in [6, 6.07) is 9.39. The lowest BCUT2D eigenvalue weighted by Crippen LogP contribution is -2.46. The highest BCUT2D eigenvalue weighted by Gasteiger charge is 2.40. The predicted molar refractivity (Wildman–Crippen MR) is 189 cm³/mol. The third kappa shape index (κ3) is 18.9. The van der Waals surface area contributed by atoms with Gasteiger partial charge in [0.25, 0.3) is 0 Å². The predicted octanol–water partition coefficient (Wildman–Crippen LogP) is 6.14. The van der Waals surface area contributed by atoms with Crippen molar-refractivity contribution in [1.29, 1.82) is 0 Å². The van der Waals surface area contributed by atoms with Crippen molar-refractivity contribution in [1.82, 2.24) is 0 Å². The molecule has 0 saturated heterocycles. The van der Waals surface area contributed by atoms with Crippen LogP contribution in [0.4, 0.5) is 0 Å². The van der Waals surface area contributed by atoms with E-state index < -0.39 is 62.6 Å². The minimum atomic E-state index is -2.19. The molecule has 0 aromatic heterocycles. The standard InChI is InChI=1S/C37H58O13Si/c1-26(33(40)44-23-17-11-15-21-31(38)46-25-30-19-13-10-14-20-30)48-35(42)28(3)47-32(39)22-16-12-18-24-45-34(41)27(2)49-36(43)29(4)50-51(8,9)37(5,6)7/h10,13-14,19-20,26-29H,11-12,15-18,21-25H2,1-9H3/t26-,27-,28-,29-/m0/s1. The first-order valence-electron chi connectivity index (χ1n) is 17.6. The Morgan fingerprint density at radius 3 is 1.51 bits per heavy atom. The van der Waals surface area contributed by atoms with Crippen LogP contribution in [0.1, 0.15) is 105 Å². The van der Waals surface area contributed by atoms with E-state index in [4.69, 9.17) is 32.8 Å².